The van der Waals surface area contributed by atoms with E-state index >= 15 is 0 Å². The molecule has 0 radical (unpaired) electrons. The summed E-state index contributed by atoms with van der Waals surface area (Å²) < 4.78 is 13.3. The molecule has 3 saturated carbocycles. The number of aromatic nitrogens is 2. The molecule has 0 bridgehead atoms. The number of hydrogen-bond acceptors (Lipinski definition) is 5. The molecule has 1 heterocycles. The van der Waals surface area contributed by atoms with Crippen LogP contribution in [0.4, 0.5) is 0 Å². The van der Waals surface area contributed by atoms with Crippen molar-refractivity contribution in [3.8, 4) is 16.9 Å². The summed E-state index contributed by atoms with van der Waals surface area (Å²) in [6.07, 6.45) is 14.2. The Morgan fingerprint density at radius 3 is 2.38 bits per heavy atom. The molecule has 1 N–H and O–H groups in total. The number of esters is 1. The van der Waals surface area contributed by atoms with Crippen LogP contribution in [-0.4, -0.2) is 34.9 Å². The van der Waals surface area contributed by atoms with Gasteiger partial charge in [0.15, 0.2) is 0 Å². The third-order valence-corrected chi connectivity index (χ3v) is 10.4. The van der Waals surface area contributed by atoms with E-state index in [0.29, 0.717) is 24.8 Å². The SMILES string of the molecule is COc1ccc(C2CCC(C(NC(=O)C3(C(=O)OC(C)C)CCCCC3)c3cccc(-c4cnn(C5CC5)c4)c3)CC2)cc1C. The molecule has 1 aromatic heterocycles. The van der Waals surface area contributed by atoms with Crippen LogP contribution in [-0.2, 0) is 14.3 Å². The molecule has 1 atom stereocenters. The molecule has 7 heteroatoms. The third kappa shape index (κ3) is 6.83. The topological polar surface area (TPSA) is 82.4 Å². The number of nitrogens with one attached hydrogen (secondary N) is 1. The molecule has 3 aromatic rings. The summed E-state index contributed by atoms with van der Waals surface area (Å²) in [5.41, 5.74) is 4.69. The number of ether oxygens (including phenoxy) is 2. The second kappa shape index (κ2) is 13.4. The number of aryl methyl sites for hydroxylation is 1. The summed E-state index contributed by atoms with van der Waals surface area (Å²) in [7, 11) is 1.72. The first-order valence-electron chi connectivity index (χ1n) is 17.1. The summed E-state index contributed by atoms with van der Waals surface area (Å²) >= 11 is 0. The number of rotatable bonds is 10. The normalized spacial score (nSPS) is 22.1. The second-order valence-corrected chi connectivity index (χ2v) is 14.0. The van der Waals surface area contributed by atoms with Gasteiger partial charge in [-0.05, 0) is 118 Å². The van der Waals surface area contributed by atoms with E-state index in [1.54, 1.807) is 7.11 Å². The number of amides is 1. The van der Waals surface area contributed by atoms with Crippen LogP contribution in [0.25, 0.3) is 11.1 Å². The van der Waals surface area contributed by atoms with Gasteiger partial charge in [-0.15, -0.1) is 0 Å². The van der Waals surface area contributed by atoms with E-state index in [2.05, 4.69) is 70.7 Å². The van der Waals surface area contributed by atoms with Crippen LogP contribution in [0.5, 0.6) is 5.75 Å². The average Bonchev–Trinajstić information content (AvgIpc) is 3.79. The van der Waals surface area contributed by atoms with E-state index in [-0.39, 0.29) is 29.9 Å². The van der Waals surface area contributed by atoms with E-state index in [1.807, 2.05) is 20.0 Å². The molecule has 2 aromatic carbocycles. The molecule has 1 unspecified atom stereocenters. The molecule has 0 aliphatic heterocycles. The van der Waals surface area contributed by atoms with Gasteiger partial charge < -0.3 is 14.8 Å². The van der Waals surface area contributed by atoms with Crippen molar-refractivity contribution >= 4 is 11.9 Å². The Bertz CT molecular complexity index is 1490. The van der Waals surface area contributed by atoms with Crippen LogP contribution in [0.2, 0.25) is 0 Å². The van der Waals surface area contributed by atoms with Crippen molar-refractivity contribution in [3.63, 3.8) is 0 Å². The molecular weight excluding hydrogens is 562 g/mol. The lowest BCUT2D eigenvalue weighted by molar-refractivity contribution is -0.167. The third-order valence-electron chi connectivity index (χ3n) is 10.4. The standard InChI is InChI=1S/C38H49N3O4/c1-25(2)45-37(43)38(19-6-5-7-20-38)36(42)40-35(28-13-11-27(12-14-28)30-15-18-34(44-4)26(3)21-30)31-10-8-9-29(22-31)32-23-39-41(24-32)33-16-17-33/h8-10,15,18,21-25,27-28,33,35H,5-7,11-14,16-17,19-20H2,1-4H3,(H,40,42). The van der Waals surface area contributed by atoms with Crippen molar-refractivity contribution in [1.82, 2.24) is 15.1 Å². The van der Waals surface area contributed by atoms with Crippen LogP contribution < -0.4 is 10.1 Å². The van der Waals surface area contributed by atoms with Crippen molar-refractivity contribution in [2.24, 2.45) is 11.3 Å². The number of methoxy groups -OCH3 is 1. The highest BCUT2D eigenvalue weighted by molar-refractivity contribution is 6.03. The van der Waals surface area contributed by atoms with Gasteiger partial charge in [-0.3, -0.25) is 14.3 Å². The first-order chi connectivity index (χ1) is 21.8. The maximum Gasteiger partial charge on any atom is 0.321 e. The molecule has 3 aliphatic rings. The zero-order chi connectivity index (χ0) is 31.6. The number of carbonyl (C=O) groups excluding carboxylic acids is 2. The molecule has 3 fully saturated rings. The molecule has 240 valence electrons. The molecule has 3 aliphatic carbocycles. The summed E-state index contributed by atoms with van der Waals surface area (Å²) in [6, 6.07) is 15.5. The Kier molecular flexibility index (Phi) is 9.34. The van der Waals surface area contributed by atoms with E-state index in [9.17, 15) is 9.59 Å². The number of carbonyl (C=O) groups is 2. The quantitative estimate of drug-likeness (QED) is 0.184. The molecule has 7 nitrogen and oxygen atoms in total. The second-order valence-electron chi connectivity index (χ2n) is 14.0. The van der Waals surface area contributed by atoms with Gasteiger partial charge in [0, 0.05) is 11.8 Å². The van der Waals surface area contributed by atoms with Crippen LogP contribution in [0.3, 0.4) is 0 Å². The zero-order valence-electron chi connectivity index (χ0n) is 27.4. The predicted octanol–water partition coefficient (Wildman–Crippen LogP) is 8.24. The maximum atomic E-state index is 14.4. The molecule has 6 rings (SSSR count). The lowest BCUT2D eigenvalue weighted by Gasteiger charge is -2.39. The molecule has 45 heavy (non-hydrogen) atoms. The van der Waals surface area contributed by atoms with Crippen LogP contribution in [0, 0.1) is 18.3 Å². The Labute approximate surface area is 268 Å². The predicted molar refractivity (Wildman–Crippen MR) is 176 cm³/mol. The van der Waals surface area contributed by atoms with E-state index in [0.717, 1.165) is 72.9 Å². The van der Waals surface area contributed by atoms with Crippen molar-refractivity contribution in [2.75, 3.05) is 7.11 Å². The van der Waals surface area contributed by atoms with E-state index in [1.165, 1.54) is 18.4 Å². The maximum absolute atomic E-state index is 14.4. The molecule has 0 spiro atoms. The first-order valence-corrected chi connectivity index (χ1v) is 17.1. The fourth-order valence-corrected chi connectivity index (χ4v) is 7.64. The lowest BCUT2D eigenvalue weighted by Crippen LogP contribution is -2.51. The highest BCUT2D eigenvalue weighted by Crippen LogP contribution is 2.44. The van der Waals surface area contributed by atoms with Crippen molar-refractivity contribution in [2.45, 2.75) is 116 Å². The van der Waals surface area contributed by atoms with Crippen molar-refractivity contribution in [1.29, 1.82) is 0 Å². The van der Waals surface area contributed by atoms with Gasteiger partial charge in [0.05, 0.1) is 31.5 Å². The van der Waals surface area contributed by atoms with Crippen molar-refractivity contribution in [3.05, 3.63) is 71.5 Å². The minimum Gasteiger partial charge on any atom is -0.496 e. The van der Waals surface area contributed by atoms with Gasteiger partial charge in [-0.2, -0.15) is 5.10 Å². The Morgan fingerprint density at radius 1 is 0.956 bits per heavy atom. The molecule has 1 amide bonds. The summed E-state index contributed by atoms with van der Waals surface area (Å²) in [5.74, 6) is 1.12. The average molecular weight is 612 g/mol. The Morgan fingerprint density at radius 2 is 1.71 bits per heavy atom. The number of nitrogens with zero attached hydrogens (tertiary/aromatic N) is 2. The summed E-state index contributed by atoms with van der Waals surface area (Å²) in [5, 5.41) is 8.10. The van der Waals surface area contributed by atoms with Crippen molar-refractivity contribution < 1.29 is 19.1 Å². The number of benzene rings is 2. The monoisotopic (exact) mass is 611 g/mol. The van der Waals surface area contributed by atoms with Gasteiger partial charge >= 0.3 is 5.97 Å². The van der Waals surface area contributed by atoms with E-state index < -0.39 is 5.41 Å². The highest BCUT2D eigenvalue weighted by atomic mass is 16.5. The Balaban J connectivity index is 1.27. The number of hydrogen-bond donors (Lipinski definition) is 1. The smallest absolute Gasteiger partial charge is 0.321 e. The zero-order valence-corrected chi connectivity index (χ0v) is 27.4. The highest BCUT2D eigenvalue weighted by Gasteiger charge is 2.49. The summed E-state index contributed by atoms with van der Waals surface area (Å²) in [6.45, 7) is 5.82. The minimum absolute atomic E-state index is 0.169. The summed E-state index contributed by atoms with van der Waals surface area (Å²) in [4.78, 5) is 27.9. The lowest BCUT2D eigenvalue weighted by atomic mass is 9.71. The Hall–Kier alpha value is -3.61. The fraction of sp³-hybridized carbons (Fsp3) is 0.553. The van der Waals surface area contributed by atoms with Gasteiger partial charge in [0.2, 0.25) is 5.91 Å². The largest absolute Gasteiger partial charge is 0.496 e. The minimum atomic E-state index is -1.12. The van der Waals surface area contributed by atoms with Crippen LogP contribution in [0.1, 0.15) is 119 Å². The van der Waals surface area contributed by atoms with Gasteiger partial charge in [0.25, 0.3) is 0 Å². The molecule has 0 saturated heterocycles. The van der Waals surface area contributed by atoms with Gasteiger partial charge in [0.1, 0.15) is 11.2 Å². The van der Waals surface area contributed by atoms with Crippen LogP contribution >= 0.6 is 0 Å². The van der Waals surface area contributed by atoms with Gasteiger partial charge in [-0.25, -0.2) is 0 Å². The van der Waals surface area contributed by atoms with E-state index in [4.69, 9.17) is 9.47 Å². The van der Waals surface area contributed by atoms with Gasteiger partial charge in [-0.1, -0.05) is 49.6 Å². The van der Waals surface area contributed by atoms with Crippen LogP contribution in [0.15, 0.2) is 54.9 Å². The molecular formula is C38H49N3O4. The first kappa shape index (κ1) is 31.4. The fourth-order valence-electron chi connectivity index (χ4n) is 7.64.